The Bertz CT molecular complexity index is 147. The summed E-state index contributed by atoms with van der Waals surface area (Å²) in [4.78, 5) is 10.8. The summed E-state index contributed by atoms with van der Waals surface area (Å²) in [5, 5.41) is 2.81. The van der Waals surface area contributed by atoms with Gasteiger partial charge in [0.15, 0.2) is 0 Å². The maximum atomic E-state index is 10.8. The van der Waals surface area contributed by atoms with Gasteiger partial charge >= 0.3 is 0 Å². The molecule has 0 aliphatic heterocycles. The molecule has 1 amide bonds. The Morgan fingerprint density at radius 3 is 2.50 bits per heavy atom. The van der Waals surface area contributed by atoms with Crippen molar-refractivity contribution >= 4 is 5.91 Å². The number of unbranched alkanes of at least 4 members (excludes halogenated alkanes) is 1. The fourth-order valence-electron chi connectivity index (χ4n) is 1.19. The van der Waals surface area contributed by atoms with E-state index in [1.54, 1.807) is 0 Å². The quantitative estimate of drug-likeness (QED) is 0.667. The Labute approximate surface area is 74.7 Å². The van der Waals surface area contributed by atoms with E-state index in [-0.39, 0.29) is 18.0 Å². The number of carbonyl (C=O) groups is 1. The second kappa shape index (κ2) is 5.14. The summed E-state index contributed by atoms with van der Waals surface area (Å²) in [6, 6.07) is 0. The van der Waals surface area contributed by atoms with Crippen LogP contribution in [-0.2, 0) is 4.79 Å². The lowest BCUT2D eigenvalue weighted by atomic mass is 9.95. The van der Waals surface area contributed by atoms with Crippen LogP contribution in [0, 0.1) is 0 Å². The highest BCUT2D eigenvalue weighted by atomic mass is 16.1. The Kier molecular flexibility index (Phi) is 4.90. The van der Waals surface area contributed by atoms with Crippen molar-refractivity contribution in [1.29, 1.82) is 0 Å². The molecule has 0 spiro atoms. The molecule has 0 aromatic heterocycles. The first-order chi connectivity index (χ1) is 5.54. The van der Waals surface area contributed by atoms with E-state index in [9.17, 15) is 4.79 Å². The van der Waals surface area contributed by atoms with E-state index in [0.717, 1.165) is 19.3 Å². The van der Waals surface area contributed by atoms with E-state index < -0.39 is 0 Å². The highest BCUT2D eigenvalue weighted by Crippen LogP contribution is 2.12. The fraction of sp³-hybridized carbons (Fsp3) is 0.889. The second-order valence-electron chi connectivity index (χ2n) is 3.52. The summed E-state index contributed by atoms with van der Waals surface area (Å²) in [6.07, 6.45) is 3.07. The molecule has 0 bridgehead atoms. The lowest BCUT2D eigenvalue weighted by Gasteiger charge is -2.28. The second-order valence-corrected chi connectivity index (χ2v) is 3.52. The number of amides is 1. The largest absolute Gasteiger partial charge is 0.350 e. The van der Waals surface area contributed by atoms with Gasteiger partial charge in [-0.05, 0) is 13.3 Å². The molecule has 0 aromatic rings. The molecule has 0 aliphatic carbocycles. The minimum absolute atomic E-state index is 0.0409. The molecule has 0 rings (SSSR count). The fourth-order valence-corrected chi connectivity index (χ4v) is 1.19. The summed E-state index contributed by atoms with van der Waals surface area (Å²) < 4.78 is 0. The van der Waals surface area contributed by atoms with Crippen molar-refractivity contribution in [3.05, 3.63) is 0 Å². The minimum Gasteiger partial charge on any atom is -0.350 e. The zero-order chi connectivity index (χ0) is 9.61. The van der Waals surface area contributed by atoms with Crippen LogP contribution in [0.3, 0.4) is 0 Å². The molecule has 3 nitrogen and oxygen atoms in total. The minimum atomic E-state index is -0.318. The summed E-state index contributed by atoms with van der Waals surface area (Å²) in [5.74, 6) is -0.0409. The third-order valence-electron chi connectivity index (χ3n) is 1.95. The molecule has 2 N–H and O–H groups in total. The summed E-state index contributed by atoms with van der Waals surface area (Å²) in [5.41, 5.74) is 7.00. The number of rotatable bonds is 5. The van der Waals surface area contributed by atoms with Crippen LogP contribution in [0.1, 0.15) is 40.0 Å². The van der Waals surface area contributed by atoms with Gasteiger partial charge < -0.3 is 5.32 Å². The van der Waals surface area contributed by atoms with Gasteiger partial charge in [0.1, 0.15) is 0 Å². The lowest BCUT2D eigenvalue weighted by molar-refractivity contribution is -0.120. The number of hydrogen-bond acceptors (Lipinski definition) is 1. The smallest absolute Gasteiger partial charge is 0.217 e. The van der Waals surface area contributed by atoms with Crippen LogP contribution < -0.4 is 11.1 Å². The highest BCUT2D eigenvalue weighted by Gasteiger charge is 2.22. The van der Waals surface area contributed by atoms with E-state index in [1.165, 1.54) is 6.92 Å². The first kappa shape index (κ1) is 11.4. The SMILES string of the molecule is CCCCC(C)(C[NH])NC(C)=O. The Morgan fingerprint density at radius 2 is 2.17 bits per heavy atom. The van der Waals surface area contributed by atoms with Crippen molar-refractivity contribution in [2.75, 3.05) is 6.54 Å². The first-order valence-corrected chi connectivity index (χ1v) is 4.47. The molecule has 0 aliphatic rings. The third-order valence-corrected chi connectivity index (χ3v) is 1.95. The van der Waals surface area contributed by atoms with Gasteiger partial charge in [-0.15, -0.1) is 0 Å². The topological polar surface area (TPSA) is 52.9 Å². The van der Waals surface area contributed by atoms with Gasteiger partial charge in [-0.25, -0.2) is 0 Å². The van der Waals surface area contributed by atoms with Crippen molar-refractivity contribution in [1.82, 2.24) is 11.1 Å². The van der Waals surface area contributed by atoms with Crippen molar-refractivity contribution < 1.29 is 4.79 Å². The molecular weight excluding hydrogens is 152 g/mol. The predicted molar refractivity (Wildman–Crippen MR) is 49.7 cm³/mol. The molecule has 1 unspecified atom stereocenters. The van der Waals surface area contributed by atoms with Crippen LogP contribution in [-0.4, -0.2) is 18.0 Å². The maximum Gasteiger partial charge on any atom is 0.217 e. The molecular formula is C9H19N2O. The molecule has 0 aromatic carbocycles. The van der Waals surface area contributed by atoms with Gasteiger partial charge in [-0.2, -0.15) is 0 Å². The Balaban J connectivity index is 3.95. The van der Waals surface area contributed by atoms with Crippen molar-refractivity contribution in [3.63, 3.8) is 0 Å². The zero-order valence-corrected chi connectivity index (χ0v) is 8.24. The van der Waals surface area contributed by atoms with Crippen molar-refractivity contribution in [2.24, 2.45) is 0 Å². The predicted octanol–water partition coefficient (Wildman–Crippen LogP) is 1.35. The number of nitrogens with one attached hydrogen (secondary N) is 2. The van der Waals surface area contributed by atoms with Gasteiger partial charge in [0.25, 0.3) is 0 Å². The van der Waals surface area contributed by atoms with Gasteiger partial charge in [0.05, 0.1) is 5.54 Å². The summed E-state index contributed by atoms with van der Waals surface area (Å²) >= 11 is 0. The number of carbonyl (C=O) groups excluding carboxylic acids is 1. The van der Waals surface area contributed by atoms with Crippen LogP contribution >= 0.6 is 0 Å². The molecule has 0 fully saturated rings. The van der Waals surface area contributed by atoms with E-state index >= 15 is 0 Å². The standard InChI is InChI=1S/C9H19N2O/c1-4-5-6-9(3,7-10)11-8(2)12/h10H,4-7H2,1-3H3,(H,11,12). The molecule has 71 valence electrons. The van der Waals surface area contributed by atoms with Gasteiger partial charge in [0, 0.05) is 13.5 Å². The maximum absolute atomic E-state index is 10.8. The molecule has 12 heavy (non-hydrogen) atoms. The van der Waals surface area contributed by atoms with Crippen molar-refractivity contribution in [3.8, 4) is 0 Å². The van der Waals surface area contributed by atoms with E-state index in [4.69, 9.17) is 5.73 Å². The van der Waals surface area contributed by atoms with Gasteiger partial charge in [-0.1, -0.05) is 19.8 Å². The molecule has 1 radical (unpaired) electrons. The summed E-state index contributed by atoms with van der Waals surface area (Å²) in [7, 11) is 0. The zero-order valence-electron chi connectivity index (χ0n) is 8.24. The van der Waals surface area contributed by atoms with Gasteiger partial charge in [0.2, 0.25) is 5.91 Å². The lowest BCUT2D eigenvalue weighted by Crippen LogP contribution is -2.48. The van der Waals surface area contributed by atoms with Crippen LogP contribution in [0.4, 0.5) is 0 Å². The van der Waals surface area contributed by atoms with Gasteiger partial charge in [-0.3, -0.25) is 10.5 Å². The van der Waals surface area contributed by atoms with E-state index in [2.05, 4.69) is 12.2 Å². The highest BCUT2D eigenvalue weighted by molar-refractivity contribution is 5.73. The molecule has 0 saturated heterocycles. The molecule has 3 heteroatoms. The monoisotopic (exact) mass is 171 g/mol. The first-order valence-electron chi connectivity index (χ1n) is 4.47. The van der Waals surface area contributed by atoms with Crippen LogP contribution in [0.2, 0.25) is 0 Å². The molecule has 0 heterocycles. The molecule has 1 atom stereocenters. The van der Waals surface area contributed by atoms with Crippen LogP contribution in [0.5, 0.6) is 0 Å². The Morgan fingerprint density at radius 1 is 1.58 bits per heavy atom. The average molecular weight is 171 g/mol. The third kappa shape index (κ3) is 4.34. The Hall–Kier alpha value is -0.570. The van der Waals surface area contributed by atoms with E-state index in [0.29, 0.717) is 0 Å². The average Bonchev–Trinajstić information content (AvgIpc) is 2.00. The van der Waals surface area contributed by atoms with Crippen LogP contribution in [0.25, 0.3) is 0 Å². The van der Waals surface area contributed by atoms with Crippen molar-refractivity contribution in [2.45, 2.75) is 45.6 Å². The van der Waals surface area contributed by atoms with Crippen LogP contribution in [0.15, 0.2) is 0 Å². The number of hydrogen-bond donors (Lipinski definition) is 1. The van der Waals surface area contributed by atoms with E-state index in [1.807, 2.05) is 6.92 Å². The molecule has 0 saturated carbocycles. The normalized spacial score (nSPS) is 15.3. The summed E-state index contributed by atoms with van der Waals surface area (Å²) in [6.45, 7) is 5.79.